The number of H-pyrrole nitrogens is 1. The first kappa shape index (κ1) is 18.7. The molecule has 11 heteroatoms. The minimum absolute atomic E-state index is 0.0446. The van der Waals surface area contributed by atoms with Crippen LogP contribution in [0.15, 0.2) is 34.0 Å². The van der Waals surface area contributed by atoms with Gasteiger partial charge in [-0.1, -0.05) is 6.07 Å². The van der Waals surface area contributed by atoms with E-state index in [2.05, 4.69) is 9.97 Å². The molecule has 0 aliphatic carbocycles. The van der Waals surface area contributed by atoms with Gasteiger partial charge in [0, 0.05) is 44.0 Å². The van der Waals surface area contributed by atoms with E-state index < -0.39 is 30.0 Å². The third-order valence-corrected chi connectivity index (χ3v) is 5.09. The maximum atomic E-state index is 14.6. The van der Waals surface area contributed by atoms with Gasteiger partial charge in [0.25, 0.3) is 0 Å². The molecule has 1 saturated heterocycles. The Morgan fingerprint density at radius 2 is 2.14 bits per heavy atom. The standard InChI is InChI=1S/C17H19F2N5O4/c18-17(19)14(26)11(28-15(17)24-6-4-12(20)22-16(24)27)8-23-5-3-10-9(7-23)1-2-13(25)21-10/h1-2,4,6,11,14-15,26H,3,5,7-8H2,(H,21,25)(H2,20,22,27)/t11-,14-,15-/m1/s1. The average Bonchev–Trinajstić information content (AvgIpc) is 2.85. The summed E-state index contributed by atoms with van der Waals surface area (Å²) >= 11 is 0. The molecule has 2 aromatic rings. The highest BCUT2D eigenvalue weighted by molar-refractivity contribution is 5.24. The van der Waals surface area contributed by atoms with Gasteiger partial charge in [-0.2, -0.15) is 13.8 Å². The van der Waals surface area contributed by atoms with Crippen molar-refractivity contribution in [2.24, 2.45) is 0 Å². The van der Waals surface area contributed by atoms with E-state index in [4.69, 9.17) is 10.5 Å². The molecule has 0 unspecified atom stereocenters. The summed E-state index contributed by atoms with van der Waals surface area (Å²) in [6.07, 6.45) is -3.63. The predicted octanol–water partition coefficient (Wildman–Crippen LogP) is -0.534. The van der Waals surface area contributed by atoms with Gasteiger partial charge in [-0.3, -0.25) is 14.3 Å². The number of aromatic nitrogens is 3. The third-order valence-electron chi connectivity index (χ3n) is 5.09. The van der Waals surface area contributed by atoms with Crippen LogP contribution in [-0.4, -0.2) is 55.8 Å². The summed E-state index contributed by atoms with van der Waals surface area (Å²) in [5.74, 6) is -3.77. The van der Waals surface area contributed by atoms with E-state index in [0.29, 0.717) is 24.1 Å². The van der Waals surface area contributed by atoms with Crippen LogP contribution >= 0.6 is 0 Å². The molecule has 0 spiro atoms. The van der Waals surface area contributed by atoms with Crippen molar-refractivity contribution in [3.8, 4) is 0 Å². The molecule has 4 N–H and O–H groups in total. The Hall–Kier alpha value is -2.63. The molecular formula is C17H19F2N5O4. The minimum atomic E-state index is -3.68. The fraction of sp³-hybridized carbons (Fsp3) is 0.471. The van der Waals surface area contributed by atoms with Crippen molar-refractivity contribution in [3.63, 3.8) is 0 Å². The second-order valence-corrected chi connectivity index (χ2v) is 7.00. The van der Waals surface area contributed by atoms with Gasteiger partial charge in [0.1, 0.15) is 18.0 Å². The molecule has 0 saturated carbocycles. The first-order valence-corrected chi connectivity index (χ1v) is 8.75. The Morgan fingerprint density at radius 1 is 1.36 bits per heavy atom. The van der Waals surface area contributed by atoms with E-state index >= 15 is 0 Å². The van der Waals surface area contributed by atoms with E-state index in [1.165, 1.54) is 12.1 Å². The van der Waals surface area contributed by atoms with Gasteiger partial charge < -0.3 is 20.6 Å². The van der Waals surface area contributed by atoms with Crippen LogP contribution in [0.3, 0.4) is 0 Å². The van der Waals surface area contributed by atoms with Crippen LogP contribution in [-0.2, 0) is 17.7 Å². The van der Waals surface area contributed by atoms with E-state index in [9.17, 15) is 23.5 Å². The van der Waals surface area contributed by atoms with Crippen LogP contribution in [0.1, 0.15) is 17.5 Å². The van der Waals surface area contributed by atoms with Gasteiger partial charge in [0.2, 0.25) is 11.8 Å². The lowest BCUT2D eigenvalue weighted by Gasteiger charge is -2.30. The second kappa shape index (κ2) is 6.76. The number of hydrogen-bond donors (Lipinski definition) is 3. The number of aliphatic hydroxyl groups is 1. The number of fused-ring (bicyclic) bond motifs is 1. The van der Waals surface area contributed by atoms with Crippen LogP contribution in [0.5, 0.6) is 0 Å². The number of aliphatic hydroxyl groups excluding tert-OH is 1. The molecule has 2 aromatic heterocycles. The maximum absolute atomic E-state index is 14.6. The van der Waals surface area contributed by atoms with Crippen molar-refractivity contribution in [3.05, 3.63) is 56.5 Å². The summed E-state index contributed by atoms with van der Waals surface area (Å²) in [5.41, 5.74) is 5.93. The predicted molar refractivity (Wildman–Crippen MR) is 93.8 cm³/mol. The molecule has 0 aromatic carbocycles. The topological polar surface area (TPSA) is 126 Å². The van der Waals surface area contributed by atoms with Crippen molar-refractivity contribution in [2.75, 3.05) is 18.8 Å². The van der Waals surface area contributed by atoms with Gasteiger partial charge in [-0.05, 0) is 11.6 Å². The quantitative estimate of drug-likeness (QED) is 0.637. The lowest BCUT2D eigenvalue weighted by Crippen LogP contribution is -2.45. The van der Waals surface area contributed by atoms with E-state index in [1.54, 1.807) is 6.07 Å². The lowest BCUT2D eigenvalue weighted by atomic mass is 10.0. The summed E-state index contributed by atoms with van der Waals surface area (Å²) in [5, 5.41) is 10.1. The number of nitrogen functional groups attached to an aromatic ring is 1. The number of nitrogens with zero attached hydrogens (tertiary/aromatic N) is 3. The van der Waals surface area contributed by atoms with Gasteiger partial charge in [0.15, 0.2) is 0 Å². The molecule has 0 radical (unpaired) electrons. The molecule has 0 amide bonds. The molecule has 2 aliphatic heterocycles. The fourth-order valence-electron chi connectivity index (χ4n) is 3.64. The monoisotopic (exact) mass is 395 g/mol. The van der Waals surface area contributed by atoms with Crippen LogP contribution in [0.2, 0.25) is 0 Å². The number of ether oxygens (including phenoxy) is 1. The fourth-order valence-corrected chi connectivity index (χ4v) is 3.64. The van der Waals surface area contributed by atoms with Crippen LogP contribution in [0.25, 0.3) is 0 Å². The summed E-state index contributed by atoms with van der Waals surface area (Å²) < 4.78 is 35.2. The zero-order valence-corrected chi connectivity index (χ0v) is 14.7. The van der Waals surface area contributed by atoms with Crippen molar-refractivity contribution in [2.45, 2.75) is 37.3 Å². The second-order valence-electron chi connectivity index (χ2n) is 7.00. The van der Waals surface area contributed by atoms with Crippen LogP contribution in [0, 0.1) is 0 Å². The number of pyridine rings is 1. The Balaban J connectivity index is 1.52. The number of rotatable bonds is 3. The molecule has 3 atom stereocenters. The highest BCUT2D eigenvalue weighted by atomic mass is 19.3. The van der Waals surface area contributed by atoms with Crippen LogP contribution in [0.4, 0.5) is 14.6 Å². The number of hydrogen-bond acceptors (Lipinski definition) is 7. The minimum Gasteiger partial charge on any atom is -0.384 e. The summed E-state index contributed by atoms with van der Waals surface area (Å²) in [4.78, 5) is 31.4. The molecule has 4 rings (SSSR count). The van der Waals surface area contributed by atoms with Crippen molar-refractivity contribution < 1.29 is 18.6 Å². The van der Waals surface area contributed by atoms with Crippen molar-refractivity contribution in [1.82, 2.24) is 19.4 Å². The molecular weight excluding hydrogens is 376 g/mol. The zero-order valence-electron chi connectivity index (χ0n) is 14.7. The maximum Gasteiger partial charge on any atom is 0.351 e. The van der Waals surface area contributed by atoms with Crippen molar-refractivity contribution in [1.29, 1.82) is 0 Å². The SMILES string of the molecule is Nc1ccn([C@@H]2O[C@H](CN3CCc4[nH]c(=O)ccc4C3)[C@@H](O)C2(F)F)c(=O)n1. The average molecular weight is 395 g/mol. The first-order chi connectivity index (χ1) is 13.3. The number of anilines is 1. The summed E-state index contributed by atoms with van der Waals surface area (Å²) in [6.45, 7) is 0.987. The Kier molecular flexibility index (Phi) is 4.52. The molecule has 150 valence electrons. The third kappa shape index (κ3) is 3.21. The Labute approximate surface area is 157 Å². The highest BCUT2D eigenvalue weighted by Gasteiger charge is 2.59. The van der Waals surface area contributed by atoms with E-state index in [-0.39, 0.29) is 17.9 Å². The molecule has 9 nitrogen and oxygen atoms in total. The largest absolute Gasteiger partial charge is 0.384 e. The number of halogens is 2. The number of nitrogens with one attached hydrogen (secondary N) is 1. The van der Waals surface area contributed by atoms with E-state index in [0.717, 1.165) is 17.5 Å². The number of alkyl halides is 2. The van der Waals surface area contributed by atoms with Crippen LogP contribution < -0.4 is 17.0 Å². The summed E-state index contributed by atoms with van der Waals surface area (Å²) in [6, 6.07) is 4.32. The van der Waals surface area contributed by atoms with Gasteiger partial charge >= 0.3 is 11.6 Å². The smallest absolute Gasteiger partial charge is 0.351 e. The lowest BCUT2D eigenvalue weighted by molar-refractivity contribution is -0.140. The Morgan fingerprint density at radius 3 is 2.89 bits per heavy atom. The molecule has 1 fully saturated rings. The molecule has 0 bridgehead atoms. The molecule has 2 aliphatic rings. The molecule has 4 heterocycles. The van der Waals surface area contributed by atoms with Crippen molar-refractivity contribution >= 4 is 5.82 Å². The normalized spacial score (nSPS) is 26.9. The number of aromatic amines is 1. The van der Waals surface area contributed by atoms with Gasteiger partial charge in [-0.25, -0.2) is 4.79 Å². The zero-order chi connectivity index (χ0) is 20.1. The summed E-state index contributed by atoms with van der Waals surface area (Å²) in [7, 11) is 0. The highest BCUT2D eigenvalue weighted by Crippen LogP contribution is 2.42. The van der Waals surface area contributed by atoms with E-state index in [1.807, 2.05) is 4.90 Å². The Bertz CT molecular complexity index is 1010. The first-order valence-electron chi connectivity index (χ1n) is 8.75. The van der Waals surface area contributed by atoms with Gasteiger partial charge in [-0.15, -0.1) is 0 Å². The number of nitrogens with two attached hydrogens (primary N) is 1. The van der Waals surface area contributed by atoms with Gasteiger partial charge in [0.05, 0.1) is 0 Å². The molecule has 28 heavy (non-hydrogen) atoms.